The van der Waals surface area contributed by atoms with E-state index in [9.17, 15) is 0 Å². The summed E-state index contributed by atoms with van der Waals surface area (Å²) in [5, 5.41) is 0. The first-order valence-corrected chi connectivity index (χ1v) is 7.17. The molecule has 0 aromatic heterocycles. The molecule has 0 bridgehead atoms. The molecule has 0 fully saturated rings. The average Bonchev–Trinajstić information content (AvgIpc) is 2.34. The molecular formula is C15H36. The van der Waals surface area contributed by atoms with E-state index in [-0.39, 0.29) is 0 Å². The summed E-state index contributed by atoms with van der Waals surface area (Å²) in [7, 11) is 0. The van der Waals surface area contributed by atoms with Crippen LogP contribution in [0.1, 0.15) is 81.6 Å². The van der Waals surface area contributed by atoms with Crippen LogP contribution in [-0.4, -0.2) is 0 Å². The fourth-order valence-electron chi connectivity index (χ4n) is 1.87. The van der Waals surface area contributed by atoms with Gasteiger partial charge in [-0.2, -0.15) is 0 Å². The topological polar surface area (TPSA) is 0 Å². The first-order chi connectivity index (χ1) is 7.17. The van der Waals surface area contributed by atoms with Crippen molar-refractivity contribution in [2.75, 3.05) is 0 Å². The van der Waals surface area contributed by atoms with Crippen molar-refractivity contribution in [3.63, 3.8) is 0 Å². The molecule has 0 amide bonds. The first-order valence-electron chi connectivity index (χ1n) is 7.17. The van der Waals surface area contributed by atoms with Gasteiger partial charge in [0.25, 0.3) is 0 Å². The van der Waals surface area contributed by atoms with Crippen LogP contribution < -0.4 is 0 Å². The third kappa shape index (κ3) is 10.3. The second kappa shape index (κ2) is 16.4. The van der Waals surface area contributed by atoms with Crippen molar-refractivity contribution in [2.45, 2.75) is 81.6 Å². The molecule has 0 nitrogen and oxygen atoms in total. The van der Waals surface area contributed by atoms with Gasteiger partial charge in [-0.25, -0.2) is 0 Å². The predicted molar refractivity (Wildman–Crippen MR) is 75.4 cm³/mol. The van der Waals surface area contributed by atoms with Crippen molar-refractivity contribution in [1.29, 1.82) is 0 Å². The van der Waals surface area contributed by atoms with Crippen molar-refractivity contribution in [3.05, 3.63) is 0 Å². The highest BCUT2D eigenvalue weighted by molar-refractivity contribution is 4.68. The number of hydrogen-bond donors (Lipinski definition) is 0. The molecule has 0 aromatic carbocycles. The van der Waals surface area contributed by atoms with E-state index in [1.165, 1.54) is 19.3 Å². The zero-order valence-corrected chi connectivity index (χ0v) is 12.9. The van der Waals surface area contributed by atoms with E-state index in [1.54, 1.807) is 0 Å². The summed E-state index contributed by atoms with van der Waals surface area (Å²) < 4.78 is 0. The van der Waals surface area contributed by atoms with Crippen LogP contribution in [0.25, 0.3) is 0 Å². The molecule has 0 N–H and O–H groups in total. The highest BCUT2D eigenvalue weighted by Crippen LogP contribution is 2.27. The maximum atomic E-state index is 2.41. The maximum Gasteiger partial charge on any atom is -0.0389 e. The smallest absolute Gasteiger partial charge is 0.0389 e. The van der Waals surface area contributed by atoms with Crippen LogP contribution in [0, 0.1) is 17.8 Å². The highest BCUT2D eigenvalue weighted by Gasteiger charge is 2.17. The van der Waals surface area contributed by atoms with Crippen LogP contribution in [-0.2, 0) is 0 Å². The van der Waals surface area contributed by atoms with Gasteiger partial charge in [-0.05, 0) is 17.8 Å². The Morgan fingerprint density at radius 2 is 1.00 bits per heavy atom. The monoisotopic (exact) mass is 216 g/mol. The Labute approximate surface area is 99.9 Å². The van der Waals surface area contributed by atoms with Gasteiger partial charge in [0.15, 0.2) is 0 Å². The van der Waals surface area contributed by atoms with Crippen molar-refractivity contribution < 1.29 is 0 Å². The van der Waals surface area contributed by atoms with Crippen LogP contribution >= 0.6 is 0 Å². The Morgan fingerprint density at radius 3 is 1.20 bits per heavy atom. The van der Waals surface area contributed by atoms with Crippen molar-refractivity contribution >= 4 is 0 Å². The van der Waals surface area contributed by atoms with Crippen molar-refractivity contribution in [1.82, 2.24) is 0 Å². The maximum absolute atomic E-state index is 2.41. The Kier molecular flexibility index (Phi) is 22.4. The molecule has 15 heavy (non-hydrogen) atoms. The molecule has 0 aromatic rings. The summed E-state index contributed by atoms with van der Waals surface area (Å²) in [6.07, 6.45) is 4.03. The molecule has 0 saturated heterocycles. The van der Waals surface area contributed by atoms with Gasteiger partial charge in [-0.15, -0.1) is 0 Å². The lowest BCUT2D eigenvalue weighted by molar-refractivity contribution is 0.243. The quantitative estimate of drug-likeness (QED) is 0.516. The minimum absolute atomic E-state index is 0.903. The Bertz CT molecular complexity index is 82.0. The lowest BCUT2D eigenvalue weighted by Crippen LogP contribution is -2.17. The molecule has 0 spiro atoms. The summed E-state index contributed by atoms with van der Waals surface area (Å²) in [5.74, 6) is 2.76. The normalized spacial score (nSPS) is 13.2. The van der Waals surface area contributed by atoms with Gasteiger partial charge in [0.2, 0.25) is 0 Å². The van der Waals surface area contributed by atoms with Crippen molar-refractivity contribution in [2.24, 2.45) is 17.8 Å². The predicted octanol–water partition coefficient (Wildman–Crippen LogP) is 6.16. The molecule has 0 aliphatic heterocycles. The van der Waals surface area contributed by atoms with E-state index in [0.717, 1.165) is 17.8 Å². The molecule has 2 atom stereocenters. The van der Waals surface area contributed by atoms with Gasteiger partial charge in [0.1, 0.15) is 0 Å². The summed E-state index contributed by atoms with van der Waals surface area (Å²) in [4.78, 5) is 0. The zero-order valence-electron chi connectivity index (χ0n) is 12.9. The van der Waals surface area contributed by atoms with E-state index in [1.807, 2.05) is 27.7 Å². The third-order valence-electron chi connectivity index (χ3n) is 3.33. The number of hydrogen-bond acceptors (Lipinski definition) is 0. The average molecular weight is 216 g/mol. The molecule has 0 heterocycles. The Hall–Kier alpha value is 0. The molecular weight excluding hydrogens is 180 g/mol. The summed E-state index contributed by atoms with van der Waals surface area (Å²) in [6.45, 7) is 19.7. The Morgan fingerprint density at radius 1 is 0.667 bits per heavy atom. The minimum atomic E-state index is 0.903. The van der Waals surface area contributed by atoms with Crippen LogP contribution in [0.5, 0.6) is 0 Å². The van der Waals surface area contributed by atoms with Crippen LogP contribution in [0.15, 0.2) is 0 Å². The van der Waals surface area contributed by atoms with Gasteiger partial charge in [0, 0.05) is 0 Å². The van der Waals surface area contributed by atoms with Gasteiger partial charge in [-0.1, -0.05) is 81.6 Å². The highest BCUT2D eigenvalue weighted by atomic mass is 14.2. The van der Waals surface area contributed by atoms with Crippen LogP contribution in [0.2, 0.25) is 0 Å². The first kappa shape index (κ1) is 20.4. The molecule has 0 saturated carbocycles. The molecule has 0 heteroatoms. The van der Waals surface area contributed by atoms with E-state index >= 15 is 0 Å². The molecule has 0 aliphatic carbocycles. The molecule has 0 radical (unpaired) electrons. The van der Waals surface area contributed by atoms with Crippen LogP contribution in [0.4, 0.5) is 0 Å². The minimum Gasteiger partial charge on any atom is -0.0683 e. The second-order valence-electron chi connectivity index (χ2n) is 3.82. The summed E-state index contributed by atoms with van der Waals surface area (Å²) in [5.41, 5.74) is 0. The molecule has 96 valence electrons. The third-order valence-corrected chi connectivity index (χ3v) is 3.33. The second-order valence-corrected chi connectivity index (χ2v) is 3.82. The molecule has 2 unspecified atom stereocenters. The Balaban J connectivity index is -0.000000318. The fraction of sp³-hybridized carbons (Fsp3) is 1.00. The van der Waals surface area contributed by atoms with E-state index < -0.39 is 0 Å². The van der Waals surface area contributed by atoms with E-state index in [2.05, 4.69) is 34.6 Å². The largest absolute Gasteiger partial charge is 0.0683 e. The van der Waals surface area contributed by atoms with Gasteiger partial charge in [-0.3, -0.25) is 0 Å². The number of rotatable bonds is 5. The van der Waals surface area contributed by atoms with E-state index in [4.69, 9.17) is 0 Å². The van der Waals surface area contributed by atoms with Crippen molar-refractivity contribution in [3.8, 4) is 0 Å². The SMILES string of the molecule is CC.CC.CCC(C)C(C)C(CC)CC. The fourth-order valence-corrected chi connectivity index (χ4v) is 1.87. The van der Waals surface area contributed by atoms with Gasteiger partial charge >= 0.3 is 0 Å². The summed E-state index contributed by atoms with van der Waals surface area (Å²) >= 11 is 0. The van der Waals surface area contributed by atoms with Crippen LogP contribution in [0.3, 0.4) is 0 Å². The zero-order chi connectivity index (χ0) is 12.9. The van der Waals surface area contributed by atoms with E-state index in [0.29, 0.717) is 0 Å². The lowest BCUT2D eigenvalue weighted by Gasteiger charge is -2.26. The summed E-state index contributed by atoms with van der Waals surface area (Å²) in [6, 6.07) is 0. The molecule has 0 aliphatic rings. The lowest BCUT2D eigenvalue weighted by atomic mass is 9.80. The van der Waals surface area contributed by atoms with Gasteiger partial charge in [0.05, 0.1) is 0 Å². The standard InChI is InChI=1S/C11H24.2C2H6/c1-6-9(4)10(5)11(7-2)8-3;2*1-2/h9-11H,6-8H2,1-5H3;2*1-2H3. The van der Waals surface area contributed by atoms with Gasteiger partial charge < -0.3 is 0 Å². The molecule has 0 rings (SSSR count).